The molecule has 2 aliphatic carbocycles. The second-order valence-corrected chi connectivity index (χ2v) is 11.5. The van der Waals surface area contributed by atoms with Crippen LogP contribution in [0.25, 0.3) is 56.1 Å². The molecule has 0 saturated carbocycles. The van der Waals surface area contributed by atoms with Gasteiger partial charge in [-0.2, -0.15) is 9.97 Å². The minimum atomic E-state index is 0.0661. The van der Waals surface area contributed by atoms with Gasteiger partial charge in [0.2, 0.25) is 5.95 Å². The highest BCUT2D eigenvalue weighted by molar-refractivity contribution is 6.15. The highest BCUT2D eigenvalue weighted by Crippen LogP contribution is 2.55. The first-order valence-electron chi connectivity index (χ1n) is 14.3. The molecule has 2 heterocycles. The number of allylic oxidation sites excluding steroid dienone is 2. The first kappa shape index (κ1) is 23.3. The summed E-state index contributed by atoms with van der Waals surface area (Å²) in [7, 11) is 0. The molecule has 4 aromatic carbocycles. The van der Waals surface area contributed by atoms with E-state index in [0.717, 1.165) is 28.6 Å². The zero-order chi connectivity index (χ0) is 26.8. The summed E-state index contributed by atoms with van der Waals surface area (Å²) in [5, 5.41) is 2.59. The molecular formula is C36H30N4. The molecule has 0 unspecified atom stereocenters. The summed E-state index contributed by atoms with van der Waals surface area (Å²) >= 11 is 0. The second-order valence-electron chi connectivity index (χ2n) is 11.5. The van der Waals surface area contributed by atoms with Gasteiger partial charge in [0.15, 0.2) is 11.6 Å². The van der Waals surface area contributed by atoms with Crippen molar-refractivity contribution >= 4 is 27.4 Å². The van der Waals surface area contributed by atoms with Gasteiger partial charge in [-0.3, -0.25) is 4.57 Å². The normalized spacial score (nSPS) is 15.9. The molecule has 2 aliphatic rings. The van der Waals surface area contributed by atoms with E-state index < -0.39 is 0 Å². The molecule has 40 heavy (non-hydrogen) atoms. The van der Waals surface area contributed by atoms with Crippen molar-refractivity contribution in [1.82, 2.24) is 19.5 Å². The van der Waals surface area contributed by atoms with Crippen LogP contribution in [0, 0.1) is 0 Å². The van der Waals surface area contributed by atoms with Crippen LogP contribution >= 0.6 is 0 Å². The van der Waals surface area contributed by atoms with Gasteiger partial charge in [-0.1, -0.05) is 104 Å². The minimum Gasteiger partial charge on any atom is -0.278 e. The lowest BCUT2D eigenvalue weighted by Gasteiger charge is -2.26. The van der Waals surface area contributed by atoms with Crippen molar-refractivity contribution in [3.05, 3.63) is 114 Å². The lowest BCUT2D eigenvalue weighted by atomic mass is 9.77. The number of hydrogen-bond acceptors (Lipinski definition) is 3. The summed E-state index contributed by atoms with van der Waals surface area (Å²) in [4.78, 5) is 15.1. The van der Waals surface area contributed by atoms with Crippen LogP contribution in [0.1, 0.15) is 50.7 Å². The molecule has 0 bridgehead atoms. The van der Waals surface area contributed by atoms with Crippen LogP contribution in [0.2, 0.25) is 0 Å². The predicted octanol–water partition coefficient (Wildman–Crippen LogP) is 8.92. The topological polar surface area (TPSA) is 43.6 Å². The third kappa shape index (κ3) is 3.35. The van der Waals surface area contributed by atoms with Crippen LogP contribution in [0.4, 0.5) is 0 Å². The number of nitrogens with zero attached hydrogens (tertiary/aromatic N) is 4. The van der Waals surface area contributed by atoms with Crippen LogP contribution < -0.4 is 0 Å². The van der Waals surface area contributed by atoms with E-state index in [-0.39, 0.29) is 5.41 Å². The number of rotatable bonds is 3. The Morgan fingerprint density at radius 2 is 1.25 bits per heavy atom. The maximum absolute atomic E-state index is 5.10. The van der Waals surface area contributed by atoms with Gasteiger partial charge < -0.3 is 0 Å². The summed E-state index contributed by atoms with van der Waals surface area (Å²) < 4.78 is 2.25. The smallest absolute Gasteiger partial charge is 0.238 e. The SMILES string of the molecule is CC1(C)C2=C(CCCC2)c2c1ccc1c2c2ccccc2n1-c1nc(-c2ccccc2)nc(-c2ccccc2)n1. The van der Waals surface area contributed by atoms with Crippen molar-refractivity contribution in [3.63, 3.8) is 0 Å². The number of para-hydroxylation sites is 1. The van der Waals surface area contributed by atoms with Crippen molar-refractivity contribution in [2.24, 2.45) is 0 Å². The van der Waals surface area contributed by atoms with E-state index >= 15 is 0 Å². The number of hydrogen-bond donors (Lipinski definition) is 0. The molecule has 0 atom stereocenters. The predicted molar refractivity (Wildman–Crippen MR) is 163 cm³/mol. The molecule has 0 amide bonds. The Balaban J connectivity index is 1.46. The molecule has 6 aromatic rings. The average molecular weight is 519 g/mol. The molecule has 0 aliphatic heterocycles. The van der Waals surface area contributed by atoms with Crippen molar-refractivity contribution in [3.8, 4) is 28.7 Å². The Bertz CT molecular complexity index is 1910. The molecule has 0 spiro atoms. The standard InChI is InChI=1S/C36H30N4/c1-36(2)27-19-11-9-17-25(27)31-28(36)21-22-30-32(31)26-18-10-12-20-29(26)40(30)35-38-33(23-13-5-3-6-14-23)37-34(39-35)24-15-7-4-8-16-24/h3-8,10,12-16,18,20-22H,9,11,17,19H2,1-2H3. The highest BCUT2D eigenvalue weighted by Gasteiger charge is 2.40. The molecule has 0 saturated heterocycles. The lowest BCUT2D eigenvalue weighted by Crippen LogP contribution is -2.18. The van der Waals surface area contributed by atoms with E-state index in [0.29, 0.717) is 17.6 Å². The monoisotopic (exact) mass is 518 g/mol. The van der Waals surface area contributed by atoms with Gasteiger partial charge in [-0.15, -0.1) is 0 Å². The molecule has 0 fully saturated rings. The van der Waals surface area contributed by atoms with Crippen molar-refractivity contribution in [1.29, 1.82) is 0 Å². The Morgan fingerprint density at radius 1 is 0.625 bits per heavy atom. The Kier molecular flexibility index (Phi) is 5.09. The molecule has 194 valence electrons. The van der Waals surface area contributed by atoms with Crippen molar-refractivity contribution in [2.75, 3.05) is 0 Å². The summed E-state index contributed by atoms with van der Waals surface area (Å²) in [5.74, 6) is 2.00. The maximum Gasteiger partial charge on any atom is 0.238 e. The number of fused-ring (bicyclic) bond motifs is 6. The molecule has 0 radical (unpaired) electrons. The Morgan fingerprint density at radius 3 is 1.95 bits per heavy atom. The van der Waals surface area contributed by atoms with Crippen molar-refractivity contribution < 1.29 is 0 Å². The second kappa shape index (κ2) is 8.72. The zero-order valence-corrected chi connectivity index (χ0v) is 22.9. The van der Waals surface area contributed by atoms with Crippen LogP contribution in [0.3, 0.4) is 0 Å². The molecule has 4 nitrogen and oxygen atoms in total. The number of benzene rings is 4. The fourth-order valence-corrected chi connectivity index (χ4v) is 7.04. The molecule has 8 rings (SSSR count). The van der Waals surface area contributed by atoms with Gasteiger partial charge in [-0.25, -0.2) is 4.98 Å². The molecule has 2 aromatic heterocycles. The summed E-state index contributed by atoms with van der Waals surface area (Å²) in [6.07, 6.45) is 4.91. The average Bonchev–Trinajstić information content (AvgIpc) is 3.47. The summed E-state index contributed by atoms with van der Waals surface area (Å²) in [6, 6.07) is 33.8. The van der Waals surface area contributed by atoms with Gasteiger partial charge in [0.25, 0.3) is 0 Å². The first-order chi connectivity index (χ1) is 19.6. The fourth-order valence-electron chi connectivity index (χ4n) is 7.04. The van der Waals surface area contributed by atoms with E-state index in [4.69, 9.17) is 15.0 Å². The van der Waals surface area contributed by atoms with Crippen molar-refractivity contribution in [2.45, 2.75) is 44.9 Å². The first-order valence-corrected chi connectivity index (χ1v) is 14.3. The molecular weight excluding hydrogens is 488 g/mol. The highest BCUT2D eigenvalue weighted by atomic mass is 15.2. The van der Waals surface area contributed by atoms with Gasteiger partial charge in [0.05, 0.1) is 11.0 Å². The zero-order valence-electron chi connectivity index (χ0n) is 22.9. The summed E-state index contributed by atoms with van der Waals surface area (Å²) in [6.45, 7) is 4.82. The third-order valence-electron chi connectivity index (χ3n) is 8.92. The fraction of sp³-hybridized carbons (Fsp3) is 0.194. The Labute approximate surface area is 234 Å². The van der Waals surface area contributed by atoms with Crippen LogP contribution in [0.5, 0.6) is 0 Å². The summed E-state index contributed by atoms with van der Waals surface area (Å²) in [5.41, 5.74) is 10.4. The van der Waals surface area contributed by atoms with E-state index in [1.54, 1.807) is 11.1 Å². The van der Waals surface area contributed by atoms with E-state index in [1.807, 2.05) is 36.4 Å². The van der Waals surface area contributed by atoms with E-state index in [1.165, 1.54) is 41.2 Å². The largest absolute Gasteiger partial charge is 0.278 e. The number of aromatic nitrogens is 4. The minimum absolute atomic E-state index is 0.0661. The van der Waals surface area contributed by atoms with Crippen LogP contribution in [-0.4, -0.2) is 19.5 Å². The maximum atomic E-state index is 5.10. The van der Waals surface area contributed by atoms with Gasteiger partial charge >= 0.3 is 0 Å². The van der Waals surface area contributed by atoms with E-state index in [9.17, 15) is 0 Å². The Hall–Kier alpha value is -4.57. The van der Waals surface area contributed by atoms with Crippen LogP contribution in [-0.2, 0) is 5.41 Å². The molecule has 4 heteroatoms. The molecule has 0 N–H and O–H groups in total. The van der Waals surface area contributed by atoms with Gasteiger partial charge in [-0.05, 0) is 54.5 Å². The van der Waals surface area contributed by atoms with Crippen LogP contribution in [0.15, 0.2) is 103 Å². The lowest BCUT2D eigenvalue weighted by molar-refractivity contribution is 0.574. The van der Waals surface area contributed by atoms with E-state index in [2.05, 4.69) is 79.1 Å². The van der Waals surface area contributed by atoms with Gasteiger partial charge in [0, 0.05) is 27.3 Å². The quantitative estimate of drug-likeness (QED) is 0.235. The third-order valence-corrected chi connectivity index (χ3v) is 8.92. The van der Waals surface area contributed by atoms with Gasteiger partial charge in [0.1, 0.15) is 0 Å².